The van der Waals surface area contributed by atoms with Crippen LogP contribution in [0.15, 0.2) is 36.4 Å². The molecule has 3 nitrogen and oxygen atoms in total. The lowest BCUT2D eigenvalue weighted by Gasteiger charge is -2.39. The van der Waals surface area contributed by atoms with Crippen molar-refractivity contribution in [3.8, 4) is 52.8 Å². The third kappa shape index (κ3) is 8.89. The summed E-state index contributed by atoms with van der Waals surface area (Å²) in [7, 11) is -6.59. The standard InChI is InChI=1S/C45H60O3Si3/c1-31-25-34-19-20-36-27-33(3)40(46-49(13,14)43(4,5)6)28-37(36)23-24-39-30-42(48-51(17,18)45(10,11)12)41(47-50(15,16)44(7,8)9)29-38(39)22-21-35(34)26-32(31)2/h25-30H,1-18H3. The molecule has 0 saturated heterocycles. The van der Waals surface area contributed by atoms with Crippen LogP contribution in [0.4, 0.5) is 0 Å². The molecule has 0 fully saturated rings. The van der Waals surface area contributed by atoms with Crippen LogP contribution in [0.5, 0.6) is 17.2 Å². The summed E-state index contributed by atoms with van der Waals surface area (Å²) in [5.74, 6) is 23.4. The second kappa shape index (κ2) is 13.7. The predicted octanol–water partition coefficient (Wildman–Crippen LogP) is 12.3. The summed E-state index contributed by atoms with van der Waals surface area (Å²) in [6.07, 6.45) is 0. The summed E-state index contributed by atoms with van der Waals surface area (Å²) in [4.78, 5) is 0. The van der Waals surface area contributed by atoms with Crippen molar-refractivity contribution in [2.24, 2.45) is 0 Å². The topological polar surface area (TPSA) is 27.7 Å². The van der Waals surface area contributed by atoms with Crippen LogP contribution in [0.25, 0.3) is 0 Å². The molecule has 0 aromatic heterocycles. The van der Waals surface area contributed by atoms with E-state index < -0.39 is 25.0 Å². The van der Waals surface area contributed by atoms with Gasteiger partial charge >= 0.3 is 0 Å². The first-order valence-corrected chi connectivity index (χ1v) is 26.9. The second-order valence-electron chi connectivity index (χ2n) is 18.8. The molecule has 3 aromatic carbocycles. The summed E-state index contributed by atoms with van der Waals surface area (Å²) < 4.78 is 21.0. The number of rotatable bonds is 6. The van der Waals surface area contributed by atoms with E-state index in [1.54, 1.807) is 0 Å². The van der Waals surface area contributed by atoms with Gasteiger partial charge in [-0.05, 0) is 128 Å². The highest BCUT2D eigenvalue weighted by Gasteiger charge is 2.43. The minimum atomic E-state index is -2.25. The van der Waals surface area contributed by atoms with Gasteiger partial charge in [-0.25, -0.2) is 0 Å². The molecule has 0 heterocycles. The monoisotopic (exact) mass is 732 g/mol. The summed E-state index contributed by atoms with van der Waals surface area (Å²) >= 11 is 0. The highest BCUT2D eigenvalue weighted by atomic mass is 28.4. The molecule has 1 aliphatic rings. The fraction of sp³-hybridized carbons (Fsp3) is 0.467. The minimum Gasteiger partial charge on any atom is -0.543 e. The van der Waals surface area contributed by atoms with Gasteiger partial charge in [0.05, 0.1) is 0 Å². The van der Waals surface area contributed by atoms with Gasteiger partial charge in [-0.15, -0.1) is 0 Å². The zero-order chi connectivity index (χ0) is 38.5. The molecule has 0 bridgehead atoms. The van der Waals surface area contributed by atoms with Gasteiger partial charge in [-0.2, -0.15) is 0 Å². The Hall–Kier alpha value is -3.61. The molecule has 4 rings (SSSR count). The predicted molar refractivity (Wildman–Crippen MR) is 225 cm³/mol. The number of aryl methyl sites for hydroxylation is 3. The highest BCUT2D eigenvalue weighted by molar-refractivity contribution is 6.76. The lowest BCUT2D eigenvalue weighted by molar-refractivity contribution is 0.440. The van der Waals surface area contributed by atoms with Crippen LogP contribution in [0.3, 0.4) is 0 Å². The molecule has 51 heavy (non-hydrogen) atoms. The first-order valence-electron chi connectivity index (χ1n) is 18.2. The van der Waals surface area contributed by atoms with Crippen LogP contribution in [-0.4, -0.2) is 25.0 Å². The van der Waals surface area contributed by atoms with E-state index in [2.05, 4.69) is 194 Å². The molecule has 0 radical (unpaired) electrons. The normalized spacial score (nSPS) is 13.3. The Balaban J connectivity index is 2.08. The van der Waals surface area contributed by atoms with E-state index in [-0.39, 0.29) is 15.1 Å². The van der Waals surface area contributed by atoms with Crippen LogP contribution >= 0.6 is 0 Å². The van der Waals surface area contributed by atoms with E-state index in [0.29, 0.717) is 0 Å². The van der Waals surface area contributed by atoms with Crippen LogP contribution in [0.2, 0.25) is 54.4 Å². The van der Waals surface area contributed by atoms with Crippen molar-refractivity contribution in [3.63, 3.8) is 0 Å². The van der Waals surface area contributed by atoms with Gasteiger partial charge in [-0.3, -0.25) is 0 Å². The summed E-state index contributed by atoms with van der Waals surface area (Å²) in [6, 6.07) is 12.6. The van der Waals surface area contributed by atoms with Crippen molar-refractivity contribution in [3.05, 3.63) is 86.5 Å². The van der Waals surface area contributed by atoms with Gasteiger partial charge in [0.25, 0.3) is 16.6 Å². The fourth-order valence-electron chi connectivity index (χ4n) is 4.64. The Labute approximate surface area is 313 Å². The highest BCUT2D eigenvalue weighted by Crippen LogP contribution is 2.45. The zero-order valence-corrected chi connectivity index (χ0v) is 37.7. The van der Waals surface area contributed by atoms with Crippen LogP contribution in [0.1, 0.15) is 112 Å². The van der Waals surface area contributed by atoms with Crippen molar-refractivity contribution in [2.75, 3.05) is 0 Å². The molecule has 0 saturated carbocycles. The van der Waals surface area contributed by atoms with Crippen LogP contribution in [0, 0.1) is 56.3 Å². The van der Waals surface area contributed by atoms with Crippen molar-refractivity contribution in [1.29, 1.82) is 0 Å². The maximum Gasteiger partial charge on any atom is 0.250 e. The molecule has 0 atom stereocenters. The number of fused-ring (bicyclic) bond motifs is 3. The van der Waals surface area contributed by atoms with Gasteiger partial charge in [0.15, 0.2) is 0 Å². The molecule has 270 valence electrons. The first kappa shape index (κ1) is 40.2. The third-order valence-electron chi connectivity index (χ3n) is 11.5. The minimum absolute atomic E-state index is 0.00158. The van der Waals surface area contributed by atoms with Crippen molar-refractivity contribution >= 4 is 25.0 Å². The van der Waals surface area contributed by atoms with E-state index in [0.717, 1.165) is 56.2 Å². The Morgan fingerprint density at radius 3 is 0.843 bits per heavy atom. The smallest absolute Gasteiger partial charge is 0.250 e. The Morgan fingerprint density at radius 2 is 0.569 bits per heavy atom. The third-order valence-corrected chi connectivity index (χ3v) is 24.6. The van der Waals surface area contributed by atoms with E-state index in [1.165, 1.54) is 11.1 Å². The first-order chi connectivity index (χ1) is 23.1. The van der Waals surface area contributed by atoms with Crippen molar-refractivity contribution < 1.29 is 13.3 Å². The molecule has 1 aliphatic carbocycles. The molecular weight excluding hydrogens is 673 g/mol. The van der Waals surface area contributed by atoms with Crippen LogP contribution in [-0.2, 0) is 0 Å². The fourth-order valence-corrected chi connectivity index (χ4v) is 7.75. The number of hydrogen-bond donors (Lipinski definition) is 0. The van der Waals surface area contributed by atoms with Gasteiger partial charge in [0.2, 0.25) is 8.32 Å². The average molecular weight is 733 g/mol. The molecule has 0 N–H and O–H groups in total. The van der Waals surface area contributed by atoms with Gasteiger partial charge in [0, 0.05) is 33.4 Å². The Morgan fingerprint density at radius 1 is 0.353 bits per heavy atom. The van der Waals surface area contributed by atoms with Crippen LogP contribution < -0.4 is 13.3 Å². The van der Waals surface area contributed by atoms with Crippen molar-refractivity contribution in [1.82, 2.24) is 0 Å². The molecule has 0 amide bonds. The average Bonchev–Trinajstić information content (AvgIpc) is 2.95. The molecule has 0 spiro atoms. The molecule has 0 unspecified atom stereocenters. The SMILES string of the molecule is Cc1cc2c(cc1C)C#Cc1cc(O[Si](C)(C)C(C)(C)C)c(O[Si](C)(C)C(C)(C)C)cc1C#Cc1cc(O[Si](C)(C)C(C)(C)C)c(C)cc1C#C2. The van der Waals surface area contributed by atoms with Gasteiger partial charge in [-0.1, -0.05) is 97.8 Å². The zero-order valence-electron chi connectivity index (χ0n) is 34.7. The quantitative estimate of drug-likeness (QED) is 0.146. The number of hydrogen-bond acceptors (Lipinski definition) is 3. The van der Waals surface area contributed by atoms with E-state index >= 15 is 0 Å². The van der Waals surface area contributed by atoms with E-state index in [9.17, 15) is 0 Å². The van der Waals surface area contributed by atoms with E-state index in [4.69, 9.17) is 13.3 Å². The largest absolute Gasteiger partial charge is 0.543 e. The molecule has 0 aliphatic heterocycles. The van der Waals surface area contributed by atoms with Gasteiger partial charge in [0.1, 0.15) is 17.2 Å². The summed E-state index contributed by atoms with van der Waals surface area (Å²) in [5.41, 5.74) is 8.54. The summed E-state index contributed by atoms with van der Waals surface area (Å²) in [6.45, 7) is 40.4. The number of benzene rings is 3. The Kier molecular flexibility index (Phi) is 10.8. The lowest BCUT2D eigenvalue weighted by Crippen LogP contribution is -2.45. The van der Waals surface area contributed by atoms with E-state index in [1.807, 2.05) is 0 Å². The maximum absolute atomic E-state index is 7.05. The molecular formula is C45H60O3Si3. The second-order valence-corrected chi connectivity index (χ2v) is 33.0. The molecule has 6 heteroatoms. The van der Waals surface area contributed by atoms with Gasteiger partial charge < -0.3 is 13.3 Å². The maximum atomic E-state index is 7.05. The van der Waals surface area contributed by atoms with Crippen molar-refractivity contribution in [2.45, 2.75) is 137 Å². The molecule has 3 aromatic rings. The Bertz CT molecular complexity index is 2050. The lowest BCUT2D eigenvalue weighted by atomic mass is 9.97. The summed E-state index contributed by atoms with van der Waals surface area (Å²) in [5, 5.41) is 0.0582.